The van der Waals surface area contributed by atoms with Gasteiger partial charge in [-0.25, -0.2) is 0 Å². The fourth-order valence-electron chi connectivity index (χ4n) is 3.01. The summed E-state index contributed by atoms with van der Waals surface area (Å²) in [6.07, 6.45) is 3.32. The highest BCUT2D eigenvalue weighted by Gasteiger charge is 2.19. The quantitative estimate of drug-likeness (QED) is 0.859. The minimum atomic E-state index is 0.000554. The molecule has 1 aliphatic heterocycles. The van der Waals surface area contributed by atoms with Crippen molar-refractivity contribution in [1.29, 1.82) is 0 Å². The summed E-state index contributed by atoms with van der Waals surface area (Å²) in [5.74, 6) is 0.482. The number of phenolic OH excluding ortho intramolecular Hbond substituents is 1. The molecule has 1 N–H and O–H groups in total. The number of benzene rings is 2. The molecule has 1 aliphatic rings. The van der Waals surface area contributed by atoms with Crippen molar-refractivity contribution in [1.82, 2.24) is 4.90 Å². The summed E-state index contributed by atoms with van der Waals surface area (Å²) in [4.78, 5) is 16.6. The van der Waals surface area contributed by atoms with Crippen LogP contribution < -0.4 is 9.64 Å². The predicted octanol–water partition coefficient (Wildman–Crippen LogP) is 3.07. The first-order chi connectivity index (χ1) is 12.6. The largest absolute Gasteiger partial charge is 0.504 e. The molecule has 1 amide bonds. The van der Waals surface area contributed by atoms with Crippen LogP contribution in [-0.2, 0) is 4.79 Å². The predicted molar refractivity (Wildman–Crippen MR) is 104 cm³/mol. The van der Waals surface area contributed by atoms with Crippen molar-refractivity contribution in [2.24, 2.45) is 0 Å². The van der Waals surface area contributed by atoms with E-state index in [9.17, 15) is 9.90 Å². The summed E-state index contributed by atoms with van der Waals surface area (Å²) in [6.45, 7) is 5.15. The molecule has 0 aromatic heterocycles. The van der Waals surface area contributed by atoms with Gasteiger partial charge in [0.1, 0.15) is 0 Å². The molecule has 2 aromatic carbocycles. The second-order valence-corrected chi connectivity index (χ2v) is 6.41. The number of amides is 1. The van der Waals surface area contributed by atoms with Gasteiger partial charge in [-0.15, -0.1) is 0 Å². The van der Waals surface area contributed by atoms with Gasteiger partial charge in [0, 0.05) is 37.9 Å². The lowest BCUT2D eigenvalue weighted by Crippen LogP contribution is -2.48. The average molecular weight is 352 g/mol. The van der Waals surface area contributed by atoms with Gasteiger partial charge in [0.2, 0.25) is 5.91 Å². The van der Waals surface area contributed by atoms with Crippen LogP contribution in [0.3, 0.4) is 0 Å². The Hall–Kier alpha value is -2.95. The molecule has 0 saturated carbocycles. The first-order valence-corrected chi connectivity index (χ1v) is 8.72. The van der Waals surface area contributed by atoms with Gasteiger partial charge in [-0.3, -0.25) is 4.79 Å². The molecule has 5 nitrogen and oxygen atoms in total. The molecule has 0 aliphatic carbocycles. The molecule has 0 bridgehead atoms. The standard InChI is InChI=1S/C21H24N2O3/c1-16-3-7-18(8-4-16)22-11-13-23(14-12-22)21(25)10-6-17-5-9-19(24)20(15-17)26-2/h3-10,15,24H,11-14H2,1-2H3/b10-6+. The summed E-state index contributed by atoms with van der Waals surface area (Å²) < 4.78 is 5.09. The maximum absolute atomic E-state index is 12.4. The van der Waals surface area contributed by atoms with Crippen molar-refractivity contribution in [2.75, 3.05) is 38.2 Å². The lowest BCUT2D eigenvalue weighted by atomic mass is 10.1. The number of phenols is 1. The number of rotatable bonds is 4. The molecule has 0 atom stereocenters. The van der Waals surface area contributed by atoms with Crippen LogP contribution in [0.1, 0.15) is 11.1 Å². The van der Waals surface area contributed by atoms with Crippen LogP contribution in [0.5, 0.6) is 11.5 Å². The maximum atomic E-state index is 12.4. The minimum Gasteiger partial charge on any atom is -0.504 e. The van der Waals surface area contributed by atoms with Crippen molar-refractivity contribution < 1.29 is 14.6 Å². The Morgan fingerprint density at radius 2 is 1.77 bits per heavy atom. The Labute approximate surface area is 154 Å². The maximum Gasteiger partial charge on any atom is 0.246 e. The van der Waals surface area contributed by atoms with E-state index in [1.54, 1.807) is 30.4 Å². The molecule has 136 valence electrons. The number of methoxy groups -OCH3 is 1. The normalized spacial score (nSPS) is 14.7. The van der Waals surface area contributed by atoms with E-state index in [0.717, 1.165) is 18.7 Å². The number of piperazine rings is 1. The number of nitrogens with zero attached hydrogens (tertiary/aromatic N) is 2. The molecule has 5 heteroatoms. The first-order valence-electron chi connectivity index (χ1n) is 8.72. The number of hydrogen-bond donors (Lipinski definition) is 1. The van der Waals surface area contributed by atoms with E-state index in [2.05, 4.69) is 36.1 Å². The van der Waals surface area contributed by atoms with Crippen molar-refractivity contribution in [2.45, 2.75) is 6.92 Å². The number of aromatic hydroxyl groups is 1. The van der Waals surface area contributed by atoms with Gasteiger partial charge in [-0.1, -0.05) is 23.8 Å². The van der Waals surface area contributed by atoms with Crippen LogP contribution in [0.15, 0.2) is 48.5 Å². The highest BCUT2D eigenvalue weighted by Crippen LogP contribution is 2.26. The zero-order valence-corrected chi connectivity index (χ0v) is 15.2. The Kier molecular flexibility index (Phi) is 5.46. The van der Waals surface area contributed by atoms with Gasteiger partial charge in [0.15, 0.2) is 11.5 Å². The molecule has 26 heavy (non-hydrogen) atoms. The third-order valence-corrected chi connectivity index (χ3v) is 4.61. The molecule has 2 aromatic rings. The van der Waals surface area contributed by atoms with Crippen LogP contribution >= 0.6 is 0 Å². The lowest BCUT2D eigenvalue weighted by molar-refractivity contribution is -0.126. The Morgan fingerprint density at radius 3 is 2.42 bits per heavy atom. The zero-order chi connectivity index (χ0) is 18.5. The fourth-order valence-corrected chi connectivity index (χ4v) is 3.01. The van der Waals surface area contributed by atoms with Gasteiger partial charge in [-0.05, 0) is 42.8 Å². The van der Waals surface area contributed by atoms with Crippen LogP contribution in [0.2, 0.25) is 0 Å². The number of carbonyl (C=O) groups excluding carboxylic acids is 1. The summed E-state index contributed by atoms with van der Waals surface area (Å²) in [5.41, 5.74) is 3.26. The third kappa shape index (κ3) is 4.17. The lowest BCUT2D eigenvalue weighted by Gasteiger charge is -2.35. The number of aryl methyl sites for hydroxylation is 1. The summed E-state index contributed by atoms with van der Waals surface area (Å²) in [5, 5.41) is 9.62. The van der Waals surface area contributed by atoms with Crippen molar-refractivity contribution >= 4 is 17.7 Å². The second kappa shape index (κ2) is 7.95. The molecule has 1 fully saturated rings. The van der Waals surface area contributed by atoms with E-state index in [-0.39, 0.29) is 11.7 Å². The van der Waals surface area contributed by atoms with Crippen LogP contribution in [0, 0.1) is 6.92 Å². The van der Waals surface area contributed by atoms with Gasteiger partial charge in [0.25, 0.3) is 0 Å². The van der Waals surface area contributed by atoms with Crippen LogP contribution in [-0.4, -0.2) is 49.2 Å². The molecule has 0 spiro atoms. The highest BCUT2D eigenvalue weighted by molar-refractivity contribution is 5.92. The minimum absolute atomic E-state index is 0.000554. The smallest absolute Gasteiger partial charge is 0.246 e. The molecule has 1 heterocycles. The van der Waals surface area contributed by atoms with Crippen LogP contribution in [0.4, 0.5) is 5.69 Å². The van der Waals surface area contributed by atoms with E-state index in [4.69, 9.17) is 4.74 Å². The molecule has 3 rings (SSSR count). The Balaban J connectivity index is 1.57. The molecular formula is C21H24N2O3. The van der Waals surface area contributed by atoms with Crippen molar-refractivity contribution in [3.8, 4) is 11.5 Å². The number of hydrogen-bond acceptors (Lipinski definition) is 4. The number of ether oxygens (including phenoxy) is 1. The van der Waals surface area contributed by atoms with E-state index in [0.29, 0.717) is 18.8 Å². The summed E-state index contributed by atoms with van der Waals surface area (Å²) in [6, 6.07) is 13.5. The second-order valence-electron chi connectivity index (χ2n) is 6.41. The first kappa shape index (κ1) is 17.9. The topological polar surface area (TPSA) is 53.0 Å². The number of anilines is 1. The Bertz CT molecular complexity index is 791. The average Bonchev–Trinajstić information content (AvgIpc) is 2.68. The molecular weight excluding hydrogens is 328 g/mol. The van der Waals surface area contributed by atoms with E-state index in [1.807, 2.05) is 4.90 Å². The molecule has 0 unspecified atom stereocenters. The zero-order valence-electron chi connectivity index (χ0n) is 15.2. The van der Waals surface area contributed by atoms with E-state index >= 15 is 0 Å². The van der Waals surface area contributed by atoms with Crippen molar-refractivity contribution in [3.63, 3.8) is 0 Å². The van der Waals surface area contributed by atoms with E-state index in [1.165, 1.54) is 18.4 Å². The third-order valence-electron chi connectivity index (χ3n) is 4.61. The molecule has 1 saturated heterocycles. The summed E-state index contributed by atoms with van der Waals surface area (Å²) >= 11 is 0. The van der Waals surface area contributed by atoms with Crippen LogP contribution in [0.25, 0.3) is 6.08 Å². The van der Waals surface area contributed by atoms with Gasteiger partial charge in [0.05, 0.1) is 7.11 Å². The van der Waals surface area contributed by atoms with Gasteiger partial charge >= 0.3 is 0 Å². The highest BCUT2D eigenvalue weighted by atomic mass is 16.5. The Morgan fingerprint density at radius 1 is 1.08 bits per heavy atom. The van der Waals surface area contributed by atoms with E-state index < -0.39 is 0 Å². The number of carbonyl (C=O) groups is 1. The molecule has 0 radical (unpaired) electrons. The van der Waals surface area contributed by atoms with Gasteiger partial charge in [-0.2, -0.15) is 0 Å². The monoisotopic (exact) mass is 352 g/mol. The van der Waals surface area contributed by atoms with Gasteiger partial charge < -0.3 is 19.6 Å². The SMILES string of the molecule is COc1cc(/C=C/C(=O)N2CCN(c3ccc(C)cc3)CC2)ccc1O. The van der Waals surface area contributed by atoms with Crippen molar-refractivity contribution in [3.05, 3.63) is 59.7 Å². The summed E-state index contributed by atoms with van der Waals surface area (Å²) in [7, 11) is 1.50. The fraction of sp³-hybridized carbons (Fsp3) is 0.286.